The van der Waals surface area contributed by atoms with E-state index in [0.717, 1.165) is 35.1 Å². The van der Waals surface area contributed by atoms with E-state index in [1.807, 2.05) is 42.1 Å². The Morgan fingerprint density at radius 2 is 2.21 bits per heavy atom. The van der Waals surface area contributed by atoms with E-state index in [4.69, 9.17) is 16.3 Å². The van der Waals surface area contributed by atoms with E-state index in [1.165, 1.54) is 0 Å². The van der Waals surface area contributed by atoms with Crippen molar-refractivity contribution in [3.05, 3.63) is 46.7 Å². The monoisotopic (exact) mass is 279 g/mol. The SMILES string of the molecule is COCCNCc1ccc(-n2ccc(C)n2)cc1Cl. The molecule has 0 aliphatic rings. The summed E-state index contributed by atoms with van der Waals surface area (Å²) >= 11 is 6.29. The highest BCUT2D eigenvalue weighted by Crippen LogP contribution is 2.20. The Morgan fingerprint density at radius 1 is 1.37 bits per heavy atom. The van der Waals surface area contributed by atoms with Crippen molar-refractivity contribution in [1.29, 1.82) is 0 Å². The third kappa shape index (κ3) is 3.80. The summed E-state index contributed by atoms with van der Waals surface area (Å²) in [5.74, 6) is 0. The molecule has 0 spiro atoms. The minimum absolute atomic E-state index is 0.697. The van der Waals surface area contributed by atoms with Gasteiger partial charge < -0.3 is 10.1 Å². The van der Waals surface area contributed by atoms with E-state index in [9.17, 15) is 0 Å². The molecule has 1 aromatic carbocycles. The van der Waals surface area contributed by atoms with Crippen LogP contribution in [0.4, 0.5) is 0 Å². The number of ether oxygens (including phenoxy) is 1. The summed E-state index contributed by atoms with van der Waals surface area (Å²) in [4.78, 5) is 0. The zero-order valence-corrected chi connectivity index (χ0v) is 11.9. The quantitative estimate of drug-likeness (QED) is 0.826. The van der Waals surface area contributed by atoms with E-state index in [-0.39, 0.29) is 0 Å². The van der Waals surface area contributed by atoms with E-state index >= 15 is 0 Å². The summed E-state index contributed by atoms with van der Waals surface area (Å²) in [6.45, 7) is 4.21. The minimum Gasteiger partial charge on any atom is -0.383 e. The topological polar surface area (TPSA) is 39.1 Å². The summed E-state index contributed by atoms with van der Waals surface area (Å²) in [5.41, 5.74) is 3.03. The molecule has 0 unspecified atom stereocenters. The molecule has 5 heteroatoms. The maximum absolute atomic E-state index is 6.29. The van der Waals surface area contributed by atoms with Crippen LogP contribution < -0.4 is 5.32 Å². The molecule has 0 saturated heterocycles. The third-order valence-electron chi connectivity index (χ3n) is 2.82. The second-order valence-corrected chi connectivity index (χ2v) is 4.75. The highest BCUT2D eigenvalue weighted by Gasteiger charge is 2.04. The van der Waals surface area contributed by atoms with E-state index in [1.54, 1.807) is 7.11 Å². The number of nitrogens with zero attached hydrogens (tertiary/aromatic N) is 2. The number of hydrogen-bond acceptors (Lipinski definition) is 3. The molecule has 0 amide bonds. The van der Waals surface area contributed by atoms with Crippen LogP contribution in [0.2, 0.25) is 5.02 Å². The Labute approximate surface area is 118 Å². The van der Waals surface area contributed by atoms with Crippen molar-refractivity contribution >= 4 is 11.6 Å². The van der Waals surface area contributed by atoms with Crippen LogP contribution in [0.3, 0.4) is 0 Å². The van der Waals surface area contributed by atoms with Gasteiger partial charge in [0.15, 0.2) is 0 Å². The number of methoxy groups -OCH3 is 1. The maximum atomic E-state index is 6.29. The van der Waals surface area contributed by atoms with Crippen molar-refractivity contribution in [3.8, 4) is 5.69 Å². The van der Waals surface area contributed by atoms with Crippen LogP contribution >= 0.6 is 11.6 Å². The van der Waals surface area contributed by atoms with Crippen LogP contribution in [0.15, 0.2) is 30.5 Å². The molecule has 0 radical (unpaired) electrons. The Kier molecular flexibility index (Phi) is 4.96. The number of aromatic nitrogens is 2. The lowest BCUT2D eigenvalue weighted by Crippen LogP contribution is -2.18. The fourth-order valence-electron chi connectivity index (χ4n) is 1.78. The van der Waals surface area contributed by atoms with Crippen LogP contribution in [0, 0.1) is 6.92 Å². The van der Waals surface area contributed by atoms with Crippen LogP contribution in [0.5, 0.6) is 0 Å². The van der Waals surface area contributed by atoms with Gasteiger partial charge in [0.25, 0.3) is 0 Å². The first-order chi connectivity index (χ1) is 9.20. The lowest BCUT2D eigenvalue weighted by atomic mass is 10.2. The van der Waals surface area contributed by atoms with Crippen molar-refractivity contribution < 1.29 is 4.74 Å². The third-order valence-corrected chi connectivity index (χ3v) is 3.17. The summed E-state index contributed by atoms with van der Waals surface area (Å²) in [7, 11) is 1.69. The highest BCUT2D eigenvalue weighted by molar-refractivity contribution is 6.31. The first kappa shape index (κ1) is 14.1. The molecular weight excluding hydrogens is 262 g/mol. The van der Waals surface area contributed by atoms with Gasteiger partial charge in [0.05, 0.1) is 18.0 Å². The summed E-state index contributed by atoms with van der Waals surface area (Å²) in [5, 5.41) is 8.38. The number of halogens is 1. The molecule has 1 N–H and O–H groups in total. The van der Waals surface area contributed by atoms with Crippen molar-refractivity contribution in [2.75, 3.05) is 20.3 Å². The van der Waals surface area contributed by atoms with E-state index in [2.05, 4.69) is 10.4 Å². The van der Waals surface area contributed by atoms with Crippen LogP contribution in [0.25, 0.3) is 5.69 Å². The number of nitrogens with one attached hydrogen (secondary N) is 1. The molecule has 1 aromatic heterocycles. The minimum atomic E-state index is 0.697. The average molecular weight is 280 g/mol. The van der Waals surface area contributed by atoms with Gasteiger partial charge in [-0.15, -0.1) is 0 Å². The summed E-state index contributed by atoms with van der Waals surface area (Å²) in [6, 6.07) is 7.94. The molecular formula is C14H18ClN3O. The lowest BCUT2D eigenvalue weighted by Gasteiger charge is -2.08. The smallest absolute Gasteiger partial charge is 0.0660 e. The summed E-state index contributed by atoms with van der Waals surface area (Å²) < 4.78 is 6.80. The Bertz CT molecular complexity index is 539. The molecule has 2 aromatic rings. The molecule has 2 rings (SSSR count). The average Bonchev–Trinajstić information content (AvgIpc) is 2.83. The Hall–Kier alpha value is -1.36. The first-order valence-electron chi connectivity index (χ1n) is 6.21. The molecule has 102 valence electrons. The lowest BCUT2D eigenvalue weighted by molar-refractivity contribution is 0.199. The number of benzene rings is 1. The van der Waals surface area contributed by atoms with Crippen LogP contribution in [-0.4, -0.2) is 30.0 Å². The highest BCUT2D eigenvalue weighted by atomic mass is 35.5. The van der Waals surface area contributed by atoms with Crippen molar-refractivity contribution in [2.45, 2.75) is 13.5 Å². The number of hydrogen-bond donors (Lipinski definition) is 1. The first-order valence-corrected chi connectivity index (χ1v) is 6.59. The van der Waals surface area contributed by atoms with Gasteiger partial charge in [-0.1, -0.05) is 17.7 Å². The molecule has 1 heterocycles. The van der Waals surface area contributed by atoms with Crippen molar-refractivity contribution in [3.63, 3.8) is 0 Å². The largest absolute Gasteiger partial charge is 0.383 e. The predicted octanol–water partition coefficient (Wildman–Crippen LogP) is 2.57. The van der Waals surface area contributed by atoms with Gasteiger partial charge >= 0.3 is 0 Å². The van der Waals surface area contributed by atoms with Gasteiger partial charge in [0.2, 0.25) is 0 Å². The van der Waals surface area contributed by atoms with Gasteiger partial charge in [0, 0.05) is 31.4 Å². The number of rotatable bonds is 6. The normalized spacial score (nSPS) is 10.9. The molecule has 0 saturated carbocycles. The molecule has 0 fully saturated rings. The Morgan fingerprint density at radius 3 is 2.84 bits per heavy atom. The summed E-state index contributed by atoms with van der Waals surface area (Å²) in [6.07, 6.45) is 1.93. The fourth-order valence-corrected chi connectivity index (χ4v) is 2.02. The molecule has 19 heavy (non-hydrogen) atoms. The second-order valence-electron chi connectivity index (χ2n) is 4.35. The van der Waals surface area contributed by atoms with Gasteiger partial charge in [-0.25, -0.2) is 4.68 Å². The number of aryl methyl sites for hydroxylation is 1. The molecule has 0 aliphatic carbocycles. The molecule has 0 bridgehead atoms. The molecule has 4 nitrogen and oxygen atoms in total. The van der Waals surface area contributed by atoms with E-state index < -0.39 is 0 Å². The van der Waals surface area contributed by atoms with Crippen molar-refractivity contribution in [1.82, 2.24) is 15.1 Å². The maximum Gasteiger partial charge on any atom is 0.0660 e. The van der Waals surface area contributed by atoms with Crippen LogP contribution in [0.1, 0.15) is 11.3 Å². The van der Waals surface area contributed by atoms with E-state index in [0.29, 0.717) is 6.61 Å². The Balaban J connectivity index is 2.04. The van der Waals surface area contributed by atoms with Crippen molar-refractivity contribution in [2.24, 2.45) is 0 Å². The molecule has 0 aliphatic heterocycles. The van der Waals surface area contributed by atoms with Gasteiger partial charge in [-0.05, 0) is 30.7 Å². The standard InChI is InChI=1S/C14H18ClN3O/c1-11-5-7-18(17-11)13-4-3-12(14(15)9-13)10-16-6-8-19-2/h3-5,7,9,16H,6,8,10H2,1-2H3. The zero-order chi connectivity index (χ0) is 13.7. The van der Waals surface area contributed by atoms with Gasteiger partial charge in [0.1, 0.15) is 0 Å². The van der Waals surface area contributed by atoms with Gasteiger partial charge in [-0.2, -0.15) is 5.10 Å². The zero-order valence-electron chi connectivity index (χ0n) is 11.2. The predicted molar refractivity (Wildman–Crippen MR) is 76.9 cm³/mol. The second kappa shape index (κ2) is 6.70. The van der Waals surface area contributed by atoms with Crippen LogP contribution in [-0.2, 0) is 11.3 Å². The molecule has 0 atom stereocenters. The fraction of sp³-hybridized carbons (Fsp3) is 0.357. The van der Waals surface area contributed by atoms with Gasteiger partial charge in [-0.3, -0.25) is 0 Å².